The van der Waals surface area contributed by atoms with Crippen molar-refractivity contribution in [3.63, 3.8) is 0 Å². The molecule has 0 bridgehead atoms. The molecule has 2 amide bonds. The summed E-state index contributed by atoms with van der Waals surface area (Å²) < 4.78 is 19.5. The number of halogens is 1. The molecule has 0 fully saturated rings. The summed E-state index contributed by atoms with van der Waals surface area (Å²) in [7, 11) is -1.58. The molecule has 1 aliphatic carbocycles. The number of aryl methyl sites for hydroxylation is 2. The number of hydrogen-bond donors (Lipinski definition) is 2. The van der Waals surface area contributed by atoms with Gasteiger partial charge in [0.25, 0.3) is 0 Å². The number of carbonyl (C=O) groups is 1. The summed E-state index contributed by atoms with van der Waals surface area (Å²) in [5, 5.41) is 3.21. The number of benzene rings is 2. The monoisotopic (exact) mass is 363 g/mol. The average Bonchev–Trinajstić information content (AvgIpc) is 3.04. The SMILES string of the molecule is CN=S(=O)(NC(=O)Nc1ccc(Cl)cc1)c1ccc2c(c1)CCC2. The predicted molar refractivity (Wildman–Crippen MR) is 96.8 cm³/mol. The number of fused-ring (bicyclic) bond motifs is 1. The minimum absolute atomic E-state index is 0.525. The van der Waals surface area contributed by atoms with Crippen LogP contribution >= 0.6 is 11.6 Å². The lowest BCUT2D eigenvalue weighted by atomic mass is 10.1. The van der Waals surface area contributed by atoms with E-state index in [9.17, 15) is 9.00 Å². The zero-order valence-electron chi connectivity index (χ0n) is 13.2. The van der Waals surface area contributed by atoms with Gasteiger partial charge in [-0.2, -0.15) is 0 Å². The van der Waals surface area contributed by atoms with Crippen molar-refractivity contribution in [2.45, 2.75) is 24.2 Å². The smallest absolute Gasteiger partial charge is 0.307 e. The number of rotatable bonds is 3. The summed E-state index contributed by atoms with van der Waals surface area (Å²) in [4.78, 5) is 12.7. The Kier molecular flexibility index (Phi) is 4.78. The molecule has 1 aliphatic rings. The Morgan fingerprint density at radius 2 is 1.83 bits per heavy atom. The first-order chi connectivity index (χ1) is 11.5. The van der Waals surface area contributed by atoms with Crippen LogP contribution in [0, 0.1) is 0 Å². The maximum atomic E-state index is 13.1. The van der Waals surface area contributed by atoms with Crippen LogP contribution in [0.25, 0.3) is 0 Å². The van der Waals surface area contributed by atoms with E-state index in [0.717, 1.165) is 19.3 Å². The summed E-state index contributed by atoms with van der Waals surface area (Å²) in [5.41, 5.74) is 3.02. The molecule has 2 aromatic carbocycles. The number of nitrogens with one attached hydrogen (secondary N) is 2. The van der Waals surface area contributed by atoms with Gasteiger partial charge in [-0.15, -0.1) is 0 Å². The fourth-order valence-corrected chi connectivity index (χ4v) is 4.15. The quantitative estimate of drug-likeness (QED) is 0.864. The lowest BCUT2D eigenvalue weighted by Crippen LogP contribution is -2.34. The molecule has 0 saturated heterocycles. The highest BCUT2D eigenvalue weighted by Crippen LogP contribution is 2.25. The molecule has 7 heteroatoms. The fourth-order valence-electron chi connectivity index (χ4n) is 2.75. The third kappa shape index (κ3) is 3.55. The molecule has 0 heterocycles. The Morgan fingerprint density at radius 1 is 1.12 bits per heavy atom. The van der Waals surface area contributed by atoms with Crippen molar-refractivity contribution >= 4 is 33.2 Å². The van der Waals surface area contributed by atoms with Gasteiger partial charge in [-0.3, -0.25) is 0 Å². The Balaban J connectivity index is 1.79. The lowest BCUT2D eigenvalue weighted by Gasteiger charge is -2.13. The number of amides is 2. The molecule has 24 heavy (non-hydrogen) atoms. The topological polar surface area (TPSA) is 70.6 Å². The summed E-state index contributed by atoms with van der Waals surface area (Å²) in [6.45, 7) is 0. The molecule has 3 rings (SSSR count). The van der Waals surface area contributed by atoms with Crippen LogP contribution in [-0.2, 0) is 22.8 Å². The van der Waals surface area contributed by atoms with Crippen molar-refractivity contribution in [2.24, 2.45) is 4.36 Å². The van der Waals surface area contributed by atoms with Crippen molar-refractivity contribution < 1.29 is 9.00 Å². The van der Waals surface area contributed by atoms with Crippen molar-refractivity contribution in [2.75, 3.05) is 12.4 Å². The van der Waals surface area contributed by atoms with Crippen LogP contribution in [0.1, 0.15) is 17.5 Å². The van der Waals surface area contributed by atoms with E-state index in [1.807, 2.05) is 12.1 Å². The van der Waals surface area contributed by atoms with Crippen LogP contribution in [0.15, 0.2) is 51.7 Å². The zero-order valence-corrected chi connectivity index (χ0v) is 14.8. The van der Waals surface area contributed by atoms with Crippen molar-refractivity contribution in [3.8, 4) is 0 Å². The molecule has 0 saturated carbocycles. The van der Waals surface area contributed by atoms with Gasteiger partial charge in [-0.25, -0.2) is 18.1 Å². The molecule has 2 aromatic rings. The van der Waals surface area contributed by atoms with Gasteiger partial charge < -0.3 is 5.32 Å². The van der Waals surface area contributed by atoms with E-state index in [1.165, 1.54) is 18.2 Å². The normalized spacial score (nSPS) is 15.2. The highest BCUT2D eigenvalue weighted by atomic mass is 35.5. The maximum Gasteiger partial charge on any atom is 0.331 e. The average molecular weight is 364 g/mol. The third-order valence-electron chi connectivity index (χ3n) is 3.98. The van der Waals surface area contributed by atoms with E-state index in [4.69, 9.17) is 11.6 Å². The lowest BCUT2D eigenvalue weighted by molar-refractivity contribution is 0.257. The van der Waals surface area contributed by atoms with E-state index < -0.39 is 15.9 Å². The van der Waals surface area contributed by atoms with Crippen molar-refractivity contribution in [3.05, 3.63) is 58.6 Å². The number of carbonyl (C=O) groups excluding carboxylic acids is 1. The Bertz CT molecular complexity index is 887. The first-order valence-corrected chi connectivity index (χ1v) is 9.51. The minimum Gasteiger partial charge on any atom is -0.307 e. The number of anilines is 1. The first kappa shape index (κ1) is 16.8. The van der Waals surface area contributed by atoms with Crippen LogP contribution in [0.5, 0.6) is 0 Å². The van der Waals surface area contributed by atoms with Gasteiger partial charge in [0.05, 0.1) is 4.90 Å². The second-order valence-corrected chi connectivity index (χ2v) is 8.08. The molecule has 0 aliphatic heterocycles. The molecule has 1 unspecified atom stereocenters. The van der Waals surface area contributed by atoms with Crippen LogP contribution < -0.4 is 10.0 Å². The van der Waals surface area contributed by atoms with E-state index in [-0.39, 0.29) is 0 Å². The summed E-state index contributed by atoms with van der Waals surface area (Å²) >= 11 is 5.81. The molecular formula is C17H18ClN3O2S. The number of hydrogen-bond acceptors (Lipinski definition) is 3. The summed E-state index contributed by atoms with van der Waals surface area (Å²) in [5.74, 6) is 0. The Labute approximate surface area is 146 Å². The van der Waals surface area contributed by atoms with Crippen LogP contribution in [-0.4, -0.2) is 17.3 Å². The van der Waals surface area contributed by atoms with E-state index >= 15 is 0 Å². The first-order valence-electron chi connectivity index (χ1n) is 7.61. The van der Waals surface area contributed by atoms with Gasteiger partial charge in [-0.1, -0.05) is 17.7 Å². The van der Waals surface area contributed by atoms with Crippen molar-refractivity contribution in [1.82, 2.24) is 4.72 Å². The van der Waals surface area contributed by atoms with Gasteiger partial charge in [0, 0.05) is 17.8 Å². The zero-order chi connectivity index (χ0) is 17.2. The largest absolute Gasteiger partial charge is 0.331 e. The molecule has 5 nitrogen and oxygen atoms in total. The van der Waals surface area contributed by atoms with Crippen LogP contribution in [0.4, 0.5) is 10.5 Å². The molecule has 0 radical (unpaired) electrons. The highest BCUT2D eigenvalue weighted by Gasteiger charge is 2.19. The van der Waals surface area contributed by atoms with E-state index in [2.05, 4.69) is 14.4 Å². The van der Waals surface area contributed by atoms with Gasteiger partial charge in [0.1, 0.15) is 0 Å². The molecule has 126 valence electrons. The molecule has 1 atom stereocenters. The third-order valence-corrected chi connectivity index (χ3v) is 6.10. The second-order valence-electron chi connectivity index (χ2n) is 5.56. The predicted octanol–water partition coefficient (Wildman–Crippen LogP) is 4.02. The van der Waals surface area contributed by atoms with Crippen LogP contribution in [0.3, 0.4) is 0 Å². The molecule has 0 aromatic heterocycles. The molecule has 0 spiro atoms. The Hall–Kier alpha value is -2.05. The fraction of sp³-hybridized carbons (Fsp3) is 0.235. The van der Waals surface area contributed by atoms with Gasteiger partial charge in [0.2, 0.25) is 0 Å². The van der Waals surface area contributed by atoms with E-state index in [1.54, 1.807) is 30.3 Å². The maximum absolute atomic E-state index is 13.1. The number of urea groups is 1. The summed E-state index contributed by atoms with van der Waals surface area (Å²) in [6, 6.07) is 11.7. The number of nitrogens with zero attached hydrogens (tertiary/aromatic N) is 1. The highest BCUT2D eigenvalue weighted by molar-refractivity contribution is 7.92. The molecular weight excluding hydrogens is 346 g/mol. The van der Waals surface area contributed by atoms with Gasteiger partial charge in [-0.05, 0) is 66.8 Å². The minimum atomic E-state index is -3.02. The van der Waals surface area contributed by atoms with Gasteiger partial charge >= 0.3 is 6.03 Å². The van der Waals surface area contributed by atoms with Gasteiger partial charge in [0.15, 0.2) is 9.92 Å². The second kappa shape index (κ2) is 6.83. The standard InChI is InChI=1S/C17H18ClN3O2S/c1-19-24(23,16-10-5-12-3-2-4-13(12)11-16)21-17(22)20-15-8-6-14(18)7-9-15/h5-11H,2-4H2,1H3,(H2,19,20,21,22,23). The molecule has 2 N–H and O–H groups in total. The Morgan fingerprint density at radius 3 is 2.54 bits per heavy atom. The van der Waals surface area contributed by atoms with E-state index in [0.29, 0.717) is 15.6 Å². The van der Waals surface area contributed by atoms with Crippen LogP contribution in [0.2, 0.25) is 5.02 Å². The van der Waals surface area contributed by atoms with Crippen molar-refractivity contribution in [1.29, 1.82) is 0 Å². The summed E-state index contributed by atoms with van der Waals surface area (Å²) in [6.07, 6.45) is 3.12.